The number of fused-ring (bicyclic) bond motifs is 3. The largest absolute Gasteiger partial charge is 0.455 e. The lowest BCUT2D eigenvalue weighted by molar-refractivity contribution is -0.384. The number of thioether (sulfide) groups is 1. The topological polar surface area (TPSA) is 115 Å². The number of hydrogen-bond donors (Lipinski definition) is 1. The first-order chi connectivity index (χ1) is 15.5. The number of nitrogens with one attached hydrogen (secondary N) is 1. The third kappa shape index (κ3) is 3.63. The van der Waals surface area contributed by atoms with Crippen LogP contribution >= 0.6 is 11.8 Å². The summed E-state index contributed by atoms with van der Waals surface area (Å²) in [6.07, 6.45) is 0. The van der Waals surface area contributed by atoms with Crippen molar-refractivity contribution in [2.24, 2.45) is 0 Å². The second-order valence-electron chi connectivity index (χ2n) is 7.28. The molecule has 0 unspecified atom stereocenters. The quantitative estimate of drug-likeness (QED) is 0.205. The summed E-state index contributed by atoms with van der Waals surface area (Å²) in [5, 5.41) is 22.2. The number of benzene rings is 3. The molecule has 3 aromatic carbocycles. The van der Waals surface area contributed by atoms with Crippen LogP contribution in [-0.2, 0) is 4.79 Å². The number of carbonyl (C=O) groups excluding carboxylic acids is 1. The molecule has 0 saturated carbocycles. The van der Waals surface area contributed by atoms with Gasteiger partial charge >= 0.3 is 0 Å². The summed E-state index contributed by atoms with van der Waals surface area (Å²) < 4.78 is 6.10. The first kappa shape index (κ1) is 20.0. The van der Waals surface area contributed by atoms with Crippen LogP contribution in [0.2, 0.25) is 0 Å². The molecule has 5 rings (SSSR count). The van der Waals surface area contributed by atoms with E-state index in [1.54, 1.807) is 0 Å². The Morgan fingerprint density at radius 1 is 1.06 bits per heavy atom. The molecule has 0 aliphatic carbocycles. The highest BCUT2D eigenvalue weighted by Gasteiger charge is 2.18. The molecule has 5 aromatic rings. The standard InChI is InChI=1S/C23H16N4O4S/c1-13(28)12-32-23-24-22(25-26-23)15-9-14(10-16(11-15)27(29)30)17-6-4-7-19-18-5-2-3-8-20(18)31-21(17)19/h2-11H,12H2,1H3,(H,24,25,26). The molecule has 0 aliphatic heterocycles. The number of nitro groups is 1. The molecule has 9 heteroatoms. The Morgan fingerprint density at radius 3 is 2.66 bits per heavy atom. The fourth-order valence-electron chi connectivity index (χ4n) is 3.59. The van der Waals surface area contributed by atoms with Crippen molar-refractivity contribution >= 4 is 45.2 Å². The van der Waals surface area contributed by atoms with E-state index in [1.165, 1.54) is 30.8 Å². The predicted octanol–water partition coefficient (Wildman–Crippen LogP) is 5.63. The Labute approximate surface area is 185 Å². The zero-order valence-corrected chi connectivity index (χ0v) is 17.7. The Balaban J connectivity index is 1.65. The number of para-hydroxylation sites is 2. The minimum absolute atomic E-state index is 0.0181. The molecule has 0 bridgehead atoms. The average Bonchev–Trinajstić information content (AvgIpc) is 3.42. The van der Waals surface area contributed by atoms with Crippen molar-refractivity contribution in [3.63, 3.8) is 0 Å². The van der Waals surface area contributed by atoms with E-state index >= 15 is 0 Å². The molecule has 2 aromatic heterocycles. The summed E-state index contributed by atoms with van der Waals surface area (Å²) >= 11 is 1.23. The molecule has 158 valence electrons. The fraction of sp³-hybridized carbons (Fsp3) is 0.0870. The van der Waals surface area contributed by atoms with Crippen molar-refractivity contribution in [3.8, 4) is 22.5 Å². The number of furan rings is 1. The van der Waals surface area contributed by atoms with Gasteiger partial charge in [0.2, 0.25) is 0 Å². The molecule has 0 fully saturated rings. The predicted molar refractivity (Wildman–Crippen MR) is 123 cm³/mol. The number of carbonyl (C=O) groups is 1. The van der Waals surface area contributed by atoms with Crippen molar-refractivity contribution in [2.75, 3.05) is 5.75 Å². The zero-order valence-electron chi connectivity index (χ0n) is 16.9. The number of H-pyrrole nitrogens is 1. The van der Waals surface area contributed by atoms with Crippen molar-refractivity contribution in [3.05, 3.63) is 70.8 Å². The number of non-ortho nitro benzene ring substituents is 1. The maximum atomic E-state index is 11.6. The van der Waals surface area contributed by atoms with Crippen molar-refractivity contribution in [1.82, 2.24) is 15.2 Å². The van der Waals surface area contributed by atoms with Crippen molar-refractivity contribution in [2.45, 2.75) is 12.1 Å². The van der Waals surface area contributed by atoms with Crippen LogP contribution in [0, 0.1) is 10.1 Å². The van der Waals surface area contributed by atoms with Crippen LogP contribution < -0.4 is 0 Å². The molecule has 1 N–H and O–H groups in total. The Hall–Kier alpha value is -3.98. The third-order valence-electron chi connectivity index (χ3n) is 5.00. The summed E-state index contributed by atoms with van der Waals surface area (Å²) in [4.78, 5) is 25.5. The molecule has 8 nitrogen and oxygen atoms in total. The Bertz CT molecular complexity index is 1500. The molecule has 32 heavy (non-hydrogen) atoms. The van der Waals surface area contributed by atoms with E-state index in [0.29, 0.717) is 27.7 Å². The van der Waals surface area contributed by atoms with Gasteiger partial charge < -0.3 is 9.40 Å². The van der Waals surface area contributed by atoms with Gasteiger partial charge in [0.25, 0.3) is 5.69 Å². The molecular formula is C23H16N4O4S. The number of ketones is 1. The van der Waals surface area contributed by atoms with Crippen LogP contribution in [-0.4, -0.2) is 31.6 Å². The van der Waals surface area contributed by atoms with E-state index in [0.717, 1.165) is 21.9 Å². The molecule has 2 heterocycles. The van der Waals surface area contributed by atoms with E-state index in [1.807, 2.05) is 48.5 Å². The lowest BCUT2D eigenvalue weighted by Gasteiger charge is -2.06. The van der Waals surface area contributed by atoms with Gasteiger partial charge in [-0.25, -0.2) is 0 Å². The van der Waals surface area contributed by atoms with Crippen LogP contribution in [0.5, 0.6) is 0 Å². The summed E-state index contributed by atoms with van der Waals surface area (Å²) in [5.74, 6) is 0.672. The van der Waals surface area contributed by atoms with Gasteiger partial charge in [-0.3, -0.25) is 14.9 Å². The summed E-state index contributed by atoms with van der Waals surface area (Å²) in [6.45, 7) is 1.50. The maximum Gasteiger partial charge on any atom is 0.270 e. The van der Waals surface area contributed by atoms with Gasteiger partial charge in [-0.05, 0) is 24.6 Å². The minimum atomic E-state index is -0.437. The van der Waals surface area contributed by atoms with Crippen molar-refractivity contribution < 1.29 is 14.1 Å². The van der Waals surface area contributed by atoms with Gasteiger partial charge in [-0.1, -0.05) is 48.2 Å². The van der Waals surface area contributed by atoms with Gasteiger partial charge in [-0.15, -0.1) is 10.2 Å². The number of aromatic amines is 1. The molecule has 0 spiro atoms. The molecular weight excluding hydrogens is 428 g/mol. The maximum absolute atomic E-state index is 11.6. The summed E-state index contributed by atoms with van der Waals surface area (Å²) in [6, 6.07) is 18.3. The minimum Gasteiger partial charge on any atom is -0.455 e. The number of hydrogen-bond acceptors (Lipinski definition) is 7. The molecule has 0 amide bonds. The molecule has 0 aliphatic rings. The zero-order chi connectivity index (χ0) is 22.2. The number of nitro benzene ring substituents is 1. The van der Waals surface area contributed by atoms with E-state index in [4.69, 9.17) is 4.42 Å². The Kier molecular flexibility index (Phi) is 4.95. The second kappa shape index (κ2) is 7.93. The fourth-order valence-corrected chi connectivity index (χ4v) is 4.20. The molecule has 0 atom stereocenters. The molecule has 0 saturated heterocycles. The SMILES string of the molecule is CC(=O)CSc1nnc(-c2cc(-c3cccc4c3oc3ccccc34)cc([N+](=O)[O-])c2)[nH]1. The van der Waals surface area contributed by atoms with E-state index in [9.17, 15) is 14.9 Å². The van der Waals surface area contributed by atoms with E-state index in [2.05, 4.69) is 15.2 Å². The smallest absolute Gasteiger partial charge is 0.270 e. The lowest BCUT2D eigenvalue weighted by Crippen LogP contribution is -1.93. The highest BCUT2D eigenvalue weighted by Crippen LogP contribution is 2.38. The van der Waals surface area contributed by atoms with Crippen molar-refractivity contribution in [1.29, 1.82) is 0 Å². The monoisotopic (exact) mass is 444 g/mol. The van der Waals surface area contributed by atoms with Gasteiger partial charge in [-0.2, -0.15) is 0 Å². The average molecular weight is 444 g/mol. The van der Waals surface area contributed by atoms with Crippen LogP contribution in [0.1, 0.15) is 6.92 Å². The number of Topliss-reactive ketones (excluding diaryl/α,β-unsaturated/α-hetero) is 1. The number of aromatic nitrogens is 3. The normalized spacial score (nSPS) is 11.3. The molecule has 0 radical (unpaired) electrons. The highest BCUT2D eigenvalue weighted by atomic mass is 32.2. The Morgan fingerprint density at radius 2 is 1.84 bits per heavy atom. The second-order valence-corrected chi connectivity index (χ2v) is 8.24. The summed E-state index contributed by atoms with van der Waals surface area (Å²) in [7, 11) is 0. The highest BCUT2D eigenvalue weighted by molar-refractivity contribution is 7.99. The van der Waals surface area contributed by atoms with Crippen LogP contribution in [0.15, 0.2) is 70.2 Å². The summed E-state index contributed by atoms with van der Waals surface area (Å²) in [5.41, 5.74) is 3.24. The van der Waals surface area contributed by atoms with Crippen LogP contribution in [0.3, 0.4) is 0 Å². The number of nitrogens with zero attached hydrogens (tertiary/aromatic N) is 3. The van der Waals surface area contributed by atoms with Gasteiger partial charge in [0.1, 0.15) is 16.9 Å². The lowest BCUT2D eigenvalue weighted by atomic mass is 9.99. The van der Waals surface area contributed by atoms with Gasteiger partial charge in [0.15, 0.2) is 11.0 Å². The number of rotatable bonds is 6. The first-order valence-corrected chi connectivity index (χ1v) is 10.7. The van der Waals surface area contributed by atoms with Gasteiger partial charge in [0, 0.05) is 34.0 Å². The van der Waals surface area contributed by atoms with Gasteiger partial charge in [0.05, 0.1) is 10.7 Å². The van der Waals surface area contributed by atoms with E-state index < -0.39 is 4.92 Å². The first-order valence-electron chi connectivity index (χ1n) is 9.75. The van der Waals surface area contributed by atoms with Crippen LogP contribution in [0.25, 0.3) is 44.5 Å². The van der Waals surface area contributed by atoms with Crippen LogP contribution in [0.4, 0.5) is 5.69 Å². The van der Waals surface area contributed by atoms with E-state index in [-0.39, 0.29) is 17.2 Å². The third-order valence-corrected chi connectivity index (χ3v) is 6.00.